The third kappa shape index (κ3) is 4.14. The summed E-state index contributed by atoms with van der Waals surface area (Å²) in [5.74, 6) is -1.29. The topological polar surface area (TPSA) is 50.4 Å². The Labute approximate surface area is 122 Å². The van der Waals surface area contributed by atoms with Gasteiger partial charge in [-0.05, 0) is 44.5 Å². The zero-order chi connectivity index (χ0) is 15.6. The number of hydrogen-bond donors (Lipinski definition) is 2. The summed E-state index contributed by atoms with van der Waals surface area (Å²) in [6.07, 6.45) is -0.557. The maximum Gasteiger partial charge on any atom is 0.407 e. The van der Waals surface area contributed by atoms with E-state index in [1.807, 2.05) is 0 Å². The van der Waals surface area contributed by atoms with Crippen LogP contribution in [0.4, 0.5) is 13.6 Å². The van der Waals surface area contributed by atoms with Crippen molar-refractivity contribution in [2.75, 3.05) is 13.1 Å². The number of hydrogen-bond acceptors (Lipinski definition) is 3. The van der Waals surface area contributed by atoms with Crippen LogP contribution in [0.3, 0.4) is 0 Å². The quantitative estimate of drug-likeness (QED) is 0.882. The molecule has 2 N–H and O–H groups in total. The molecule has 1 aliphatic rings. The van der Waals surface area contributed by atoms with Gasteiger partial charge in [0, 0.05) is 19.0 Å². The average Bonchev–Trinajstić information content (AvgIpc) is 2.77. The number of halogens is 2. The van der Waals surface area contributed by atoms with Crippen LogP contribution in [0.2, 0.25) is 0 Å². The molecule has 0 saturated carbocycles. The fourth-order valence-electron chi connectivity index (χ4n) is 2.41. The van der Waals surface area contributed by atoms with Gasteiger partial charge in [0.05, 0.1) is 6.04 Å². The number of rotatable bonds is 2. The van der Waals surface area contributed by atoms with Gasteiger partial charge in [0.1, 0.15) is 17.2 Å². The summed E-state index contributed by atoms with van der Waals surface area (Å²) in [6, 6.07) is 3.03. The van der Waals surface area contributed by atoms with Gasteiger partial charge in [0.2, 0.25) is 0 Å². The molecule has 1 aromatic carbocycles. The summed E-state index contributed by atoms with van der Waals surface area (Å²) < 4.78 is 32.4. The molecule has 2 rings (SSSR count). The molecule has 0 radical (unpaired) electrons. The predicted molar refractivity (Wildman–Crippen MR) is 75.1 cm³/mol. The minimum Gasteiger partial charge on any atom is -0.444 e. The summed E-state index contributed by atoms with van der Waals surface area (Å²) in [5, 5.41) is 5.79. The molecule has 1 amide bonds. The first-order chi connectivity index (χ1) is 9.76. The molecule has 1 heterocycles. The minimum absolute atomic E-state index is 0.265. The molecule has 0 spiro atoms. The largest absolute Gasteiger partial charge is 0.444 e. The third-order valence-electron chi connectivity index (χ3n) is 3.27. The highest BCUT2D eigenvalue weighted by Crippen LogP contribution is 2.26. The number of alkyl carbamates (subject to hydrolysis) is 1. The summed E-state index contributed by atoms with van der Waals surface area (Å²) in [4.78, 5) is 11.8. The van der Waals surface area contributed by atoms with Crippen molar-refractivity contribution in [3.05, 3.63) is 35.4 Å². The second-order valence-corrected chi connectivity index (χ2v) is 6.18. The molecule has 6 heteroatoms. The van der Waals surface area contributed by atoms with Crippen LogP contribution in [0.15, 0.2) is 18.2 Å². The number of ether oxygens (including phenoxy) is 1. The molecule has 2 atom stereocenters. The van der Waals surface area contributed by atoms with Gasteiger partial charge in [-0.2, -0.15) is 0 Å². The Morgan fingerprint density at radius 3 is 2.71 bits per heavy atom. The Bertz CT molecular complexity index is 529. The van der Waals surface area contributed by atoms with E-state index in [2.05, 4.69) is 10.6 Å². The van der Waals surface area contributed by atoms with E-state index < -0.39 is 23.3 Å². The lowest BCUT2D eigenvalue weighted by Gasteiger charge is -2.24. The normalized spacial score (nSPS) is 22.1. The Morgan fingerprint density at radius 1 is 1.33 bits per heavy atom. The molecule has 0 aliphatic carbocycles. The fraction of sp³-hybridized carbons (Fsp3) is 0.533. The first-order valence-corrected chi connectivity index (χ1v) is 6.91. The highest BCUT2D eigenvalue weighted by atomic mass is 19.1. The zero-order valence-electron chi connectivity index (χ0n) is 12.4. The molecule has 21 heavy (non-hydrogen) atoms. The maximum atomic E-state index is 13.9. The van der Waals surface area contributed by atoms with E-state index in [0.29, 0.717) is 13.1 Å². The molecular formula is C15H20F2N2O2. The Balaban J connectivity index is 2.10. The van der Waals surface area contributed by atoms with Crippen molar-refractivity contribution in [3.63, 3.8) is 0 Å². The van der Waals surface area contributed by atoms with Crippen molar-refractivity contribution < 1.29 is 18.3 Å². The number of amides is 1. The second kappa shape index (κ2) is 5.97. The van der Waals surface area contributed by atoms with Crippen LogP contribution in [0, 0.1) is 11.6 Å². The Kier molecular flexibility index (Phi) is 4.46. The van der Waals surface area contributed by atoms with Gasteiger partial charge in [-0.25, -0.2) is 13.6 Å². The standard InChI is InChI=1S/C15H20F2N2O2/c1-15(2,3)21-14(20)19-13-8-18-7-11(13)10-6-9(16)4-5-12(10)17/h4-6,11,13,18H,7-8H2,1-3H3,(H,19,20)/t11-,13?/m1/s1. The smallest absolute Gasteiger partial charge is 0.407 e. The second-order valence-electron chi connectivity index (χ2n) is 6.18. The number of carbonyl (C=O) groups excluding carboxylic acids is 1. The highest BCUT2D eigenvalue weighted by Gasteiger charge is 2.32. The van der Waals surface area contributed by atoms with Gasteiger partial charge < -0.3 is 15.4 Å². The van der Waals surface area contributed by atoms with E-state index in [9.17, 15) is 13.6 Å². The monoisotopic (exact) mass is 298 g/mol. The Morgan fingerprint density at radius 2 is 2.05 bits per heavy atom. The summed E-state index contributed by atoms with van der Waals surface area (Å²) in [5.41, 5.74) is -0.337. The molecule has 1 saturated heterocycles. The first-order valence-electron chi connectivity index (χ1n) is 6.91. The van der Waals surface area contributed by atoms with Gasteiger partial charge >= 0.3 is 6.09 Å². The summed E-state index contributed by atoms with van der Waals surface area (Å²) in [7, 11) is 0. The van der Waals surface area contributed by atoms with Crippen LogP contribution in [0.25, 0.3) is 0 Å². The molecule has 1 unspecified atom stereocenters. The number of carbonyl (C=O) groups is 1. The van der Waals surface area contributed by atoms with Gasteiger partial charge in [-0.1, -0.05) is 0 Å². The number of nitrogens with one attached hydrogen (secondary N) is 2. The number of benzene rings is 1. The molecule has 1 aliphatic heterocycles. The maximum absolute atomic E-state index is 13.9. The molecule has 0 bridgehead atoms. The van der Waals surface area contributed by atoms with Crippen molar-refractivity contribution in [3.8, 4) is 0 Å². The minimum atomic E-state index is -0.601. The summed E-state index contributed by atoms with van der Waals surface area (Å²) >= 11 is 0. The van der Waals surface area contributed by atoms with E-state index in [4.69, 9.17) is 4.74 Å². The molecule has 116 valence electrons. The zero-order valence-corrected chi connectivity index (χ0v) is 12.4. The lowest BCUT2D eigenvalue weighted by Crippen LogP contribution is -2.42. The van der Waals surface area contributed by atoms with Crippen molar-refractivity contribution >= 4 is 6.09 Å². The van der Waals surface area contributed by atoms with Gasteiger partial charge in [-0.3, -0.25) is 0 Å². The van der Waals surface area contributed by atoms with Crippen molar-refractivity contribution in [1.29, 1.82) is 0 Å². The van der Waals surface area contributed by atoms with E-state index >= 15 is 0 Å². The lowest BCUT2D eigenvalue weighted by atomic mass is 9.94. The highest BCUT2D eigenvalue weighted by molar-refractivity contribution is 5.68. The molecule has 1 aromatic rings. The Hall–Kier alpha value is -1.69. The van der Waals surface area contributed by atoms with Crippen LogP contribution >= 0.6 is 0 Å². The molecule has 4 nitrogen and oxygen atoms in total. The van der Waals surface area contributed by atoms with Crippen LogP contribution in [-0.2, 0) is 4.74 Å². The lowest BCUT2D eigenvalue weighted by molar-refractivity contribution is 0.0504. The average molecular weight is 298 g/mol. The van der Waals surface area contributed by atoms with E-state index in [1.165, 1.54) is 6.07 Å². The van der Waals surface area contributed by atoms with Crippen molar-refractivity contribution in [2.45, 2.75) is 38.3 Å². The predicted octanol–water partition coefficient (Wildman–Crippen LogP) is 2.54. The SMILES string of the molecule is CC(C)(C)OC(=O)NC1CNC[C@@H]1c1cc(F)ccc1F. The summed E-state index contributed by atoms with van der Waals surface area (Å²) in [6.45, 7) is 6.26. The fourth-order valence-corrected chi connectivity index (χ4v) is 2.41. The van der Waals surface area contributed by atoms with Crippen LogP contribution in [0.5, 0.6) is 0 Å². The van der Waals surface area contributed by atoms with E-state index in [-0.39, 0.29) is 17.5 Å². The van der Waals surface area contributed by atoms with Crippen molar-refractivity contribution in [2.24, 2.45) is 0 Å². The first kappa shape index (κ1) is 15.7. The van der Waals surface area contributed by atoms with Crippen LogP contribution < -0.4 is 10.6 Å². The van der Waals surface area contributed by atoms with E-state index in [1.54, 1.807) is 20.8 Å². The van der Waals surface area contributed by atoms with Crippen molar-refractivity contribution in [1.82, 2.24) is 10.6 Å². The van der Waals surface area contributed by atoms with Gasteiger partial charge in [-0.15, -0.1) is 0 Å². The van der Waals surface area contributed by atoms with E-state index in [0.717, 1.165) is 12.1 Å². The van der Waals surface area contributed by atoms with Crippen LogP contribution in [0.1, 0.15) is 32.3 Å². The molecule has 0 aromatic heterocycles. The van der Waals surface area contributed by atoms with Gasteiger partial charge in [0.15, 0.2) is 0 Å². The molecule has 1 fully saturated rings. The molecular weight excluding hydrogens is 278 g/mol. The van der Waals surface area contributed by atoms with Gasteiger partial charge in [0.25, 0.3) is 0 Å². The third-order valence-corrected chi connectivity index (χ3v) is 3.27. The van der Waals surface area contributed by atoms with Crippen LogP contribution in [-0.4, -0.2) is 30.8 Å².